The second kappa shape index (κ2) is 8.84. The Kier molecular flexibility index (Phi) is 7.43. The third kappa shape index (κ3) is 5.40. The monoisotopic (exact) mass is 288 g/mol. The minimum Gasteiger partial charge on any atom is -0.435 e. The van der Waals surface area contributed by atoms with Crippen LogP contribution >= 0.6 is 0 Å². The molecule has 114 valence electrons. The summed E-state index contributed by atoms with van der Waals surface area (Å²) in [6.45, 7) is -0.797. The molecule has 0 saturated carbocycles. The molecule has 6 heteroatoms. The van der Waals surface area contributed by atoms with Gasteiger partial charge in [0.15, 0.2) is 0 Å². The molecule has 0 heterocycles. The second-order valence-electron chi connectivity index (χ2n) is 4.53. The molecule has 0 aliphatic rings. The third-order valence-corrected chi connectivity index (χ3v) is 3.10. The predicted molar refractivity (Wildman–Crippen MR) is 74.0 cm³/mol. The highest BCUT2D eigenvalue weighted by molar-refractivity contribution is 5.29. The van der Waals surface area contributed by atoms with Crippen LogP contribution in [0.15, 0.2) is 24.3 Å². The van der Waals surface area contributed by atoms with Crippen molar-refractivity contribution in [1.82, 2.24) is 4.90 Å². The van der Waals surface area contributed by atoms with E-state index in [0.29, 0.717) is 13.2 Å². The van der Waals surface area contributed by atoms with E-state index in [-0.39, 0.29) is 11.8 Å². The lowest BCUT2D eigenvalue weighted by atomic mass is 10.1. The SMILES string of the molecule is COCCCN(C)C(CN)c1ccc(OC(F)F)cc1. The van der Waals surface area contributed by atoms with Crippen LogP contribution in [0.5, 0.6) is 5.75 Å². The van der Waals surface area contributed by atoms with Gasteiger partial charge in [-0.3, -0.25) is 4.90 Å². The largest absolute Gasteiger partial charge is 0.435 e. The molecule has 1 unspecified atom stereocenters. The molecule has 1 aromatic carbocycles. The highest BCUT2D eigenvalue weighted by atomic mass is 19.3. The molecule has 0 aromatic heterocycles. The first kappa shape index (κ1) is 16.8. The molecule has 1 rings (SSSR count). The van der Waals surface area contributed by atoms with E-state index in [1.807, 2.05) is 7.05 Å². The Bertz CT molecular complexity index is 374. The Labute approximate surface area is 118 Å². The zero-order valence-electron chi connectivity index (χ0n) is 11.9. The summed E-state index contributed by atoms with van der Waals surface area (Å²) in [5.74, 6) is 0.154. The fourth-order valence-corrected chi connectivity index (χ4v) is 2.06. The van der Waals surface area contributed by atoms with Crippen molar-refractivity contribution in [2.24, 2.45) is 5.73 Å². The number of hydrogen-bond acceptors (Lipinski definition) is 4. The normalized spacial score (nSPS) is 12.9. The van der Waals surface area contributed by atoms with Gasteiger partial charge in [0.05, 0.1) is 0 Å². The molecule has 4 nitrogen and oxygen atoms in total. The van der Waals surface area contributed by atoms with Gasteiger partial charge in [0.2, 0.25) is 0 Å². The maximum Gasteiger partial charge on any atom is 0.387 e. The first-order valence-corrected chi connectivity index (χ1v) is 6.52. The van der Waals surface area contributed by atoms with Crippen LogP contribution in [-0.4, -0.2) is 45.4 Å². The number of nitrogens with zero attached hydrogens (tertiary/aromatic N) is 1. The summed E-state index contributed by atoms with van der Waals surface area (Å²) in [7, 11) is 3.65. The first-order chi connectivity index (χ1) is 9.58. The molecular weight excluding hydrogens is 266 g/mol. The summed E-state index contributed by atoms with van der Waals surface area (Å²) >= 11 is 0. The van der Waals surface area contributed by atoms with Gasteiger partial charge < -0.3 is 15.2 Å². The highest BCUT2D eigenvalue weighted by Crippen LogP contribution is 2.22. The molecule has 1 aromatic rings. The van der Waals surface area contributed by atoms with Crippen molar-refractivity contribution in [1.29, 1.82) is 0 Å². The zero-order valence-corrected chi connectivity index (χ0v) is 11.9. The van der Waals surface area contributed by atoms with E-state index < -0.39 is 6.61 Å². The van der Waals surface area contributed by atoms with Gasteiger partial charge in [0, 0.05) is 32.8 Å². The van der Waals surface area contributed by atoms with E-state index in [4.69, 9.17) is 10.5 Å². The van der Waals surface area contributed by atoms with E-state index in [9.17, 15) is 8.78 Å². The van der Waals surface area contributed by atoms with Crippen LogP contribution in [0.2, 0.25) is 0 Å². The summed E-state index contributed by atoms with van der Waals surface area (Å²) in [6, 6.07) is 6.65. The topological polar surface area (TPSA) is 47.7 Å². The van der Waals surface area contributed by atoms with Gasteiger partial charge in [-0.25, -0.2) is 0 Å². The number of halogens is 2. The summed E-state index contributed by atoms with van der Waals surface area (Å²) in [4.78, 5) is 2.13. The van der Waals surface area contributed by atoms with Crippen molar-refractivity contribution in [3.63, 3.8) is 0 Å². The van der Waals surface area contributed by atoms with E-state index >= 15 is 0 Å². The molecule has 0 aliphatic carbocycles. The van der Waals surface area contributed by atoms with Crippen LogP contribution in [0.3, 0.4) is 0 Å². The second-order valence-corrected chi connectivity index (χ2v) is 4.53. The molecule has 0 fully saturated rings. The van der Waals surface area contributed by atoms with Gasteiger partial charge in [-0.1, -0.05) is 12.1 Å². The maximum atomic E-state index is 12.1. The highest BCUT2D eigenvalue weighted by Gasteiger charge is 2.15. The summed E-state index contributed by atoms with van der Waals surface area (Å²) < 4.78 is 33.5. The van der Waals surface area contributed by atoms with Crippen LogP contribution in [-0.2, 0) is 4.74 Å². The zero-order chi connectivity index (χ0) is 15.0. The number of likely N-dealkylation sites (N-methyl/N-ethyl adjacent to an activating group) is 1. The molecule has 0 saturated heterocycles. The van der Waals surface area contributed by atoms with Gasteiger partial charge in [-0.05, 0) is 31.2 Å². The lowest BCUT2D eigenvalue weighted by Gasteiger charge is -2.27. The summed E-state index contributed by atoms with van der Waals surface area (Å²) in [5.41, 5.74) is 6.79. The molecule has 1 atom stereocenters. The van der Waals surface area contributed by atoms with Crippen molar-refractivity contribution in [2.45, 2.75) is 19.1 Å². The molecule has 20 heavy (non-hydrogen) atoms. The summed E-state index contributed by atoms with van der Waals surface area (Å²) in [5, 5.41) is 0. The van der Waals surface area contributed by atoms with E-state index in [1.165, 1.54) is 12.1 Å². The van der Waals surface area contributed by atoms with Crippen LogP contribution < -0.4 is 10.5 Å². The number of hydrogen-bond donors (Lipinski definition) is 1. The molecule has 0 bridgehead atoms. The molecule has 2 N–H and O–H groups in total. The number of rotatable bonds is 9. The predicted octanol–water partition coefficient (Wildman–Crippen LogP) is 2.26. The van der Waals surface area contributed by atoms with Gasteiger partial charge in [0.1, 0.15) is 5.75 Å². The minimum absolute atomic E-state index is 0.0486. The molecular formula is C14H22F2N2O2. The fourth-order valence-electron chi connectivity index (χ4n) is 2.06. The van der Waals surface area contributed by atoms with Crippen LogP contribution in [0.1, 0.15) is 18.0 Å². The number of ether oxygens (including phenoxy) is 2. The van der Waals surface area contributed by atoms with Crippen molar-refractivity contribution < 1.29 is 18.3 Å². The third-order valence-electron chi connectivity index (χ3n) is 3.10. The molecule has 0 radical (unpaired) electrons. The lowest BCUT2D eigenvalue weighted by molar-refractivity contribution is -0.0498. The van der Waals surface area contributed by atoms with E-state index in [2.05, 4.69) is 9.64 Å². The quantitative estimate of drug-likeness (QED) is 0.708. The summed E-state index contributed by atoms with van der Waals surface area (Å²) in [6.07, 6.45) is 0.913. The Morgan fingerprint density at radius 1 is 1.25 bits per heavy atom. The molecule has 0 amide bonds. The maximum absolute atomic E-state index is 12.1. The first-order valence-electron chi connectivity index (χ1n) is 6.52. The smallest absolute Gasteiger partial charge is 0.387 e. The van der Waals surface area contributed by atoms with Gasteiger partial charge in [-0.2, -0.15) is 8.78 Å². The Morgan fingerprint density at radius 2 is 1.90 bits per heavy atom. The van der Waals surface area contributed by atoms with Crippen LogP contribution in [0.25, 0.3) is 0 Å². The van der Waals surface area contributed by atoms with Crippen molar-refractivity contribution in [3.8, 4) is 5.75 Å². The average molecular weight is 288 g/mol. The Balaban J connectivity index is 2.64. The number of nitrogens with two attached hydrogens (primary N) is 1. The Hall–Kier alpha value is -1.24. The van der Waals surface area contributed by atoms with Gasteiger partial charge in [-0.15, -0.1) is 0 Å². The van der Waals surface area contributed by atoms with Gasteiger partial charge >= 0.3 is 6.61 Å². The van der Waals surface area contributed by atoms with Crippen LogP contribution in [0, 0.1) is 0 Å². The van der Waals surface area contributed by atoms with Crippen molar-refractivity contribution >= 4 is 0 Å². The van der Waals surface area contributed by atoms with Crippen molar-refractivity contribution in [3.05, 3.63) is 29.8 Å². The average Bonchev–Trinajstić information content (AvgIpc) is 2.41. The number of methoxy groups -OCH3 is 1. The van der Waals surface area contributed by atoms with Gasteiger partial charge in [0.25, 0.3) is 0 Å². The van der Waals surface area contributed by atoms with E-state index in [0.717, 1.165) is 18.5 Å². The standard InChI is InChI=1S/C14H22F2N2O2/c1-18(8-3-9-19-2)13(10-17)11-4-6-12(7-5-11)20-14(15)16/h4-7,13-14H,3,8-10,17H2,1-2H3. The lowest BCUT2D eigenvalue weighted by Crippen LogP contribution is -2.31. The molecule has 0 spiro atoms. The van der Waals surface area contributed by atoms with Crippen molar-refractivity contribution in [2.75, 3.05) is 33.9 Å². The number of alkyl halides is 2. The van der Waals surface area contributed by atoms with Crippen LogP contribution in [0.4, 0.5) is 8.78 Å². The Morgan fingerprint density at radius 3 is 2.40 bits per heavy atom. The number of benzene rings is 1. The molecule has 0 aliphatic heterocycles. The fraction of sp³-hybridized carbons (Fsp3) is 0.571. The van der Waals surface area contributed by atoms with E-state index in [1.54, 1.807) is 19.2 Å². The minimum atomic E-state index is -2.80.